The van der Waals surface area contributed by atoms with E-state index in [0.717, 1.165) is 23.9 Å². The predicted molar refractivity (Wildman–Crippen MR) is 94.1 cm³/mol. The van der Waals surface area contributed by atoms with Crippen LogP contribution in [-0.4, -0.2) is 43.2 Å². The number of aryl methyl sites for hydroxylation is 1. The van der Waals surface area contributed by atoms with E-state index in [1.807, 2.05) is 6.92 Å². The van der Waals surface area contributed by atoms with Crippen LogP contribution >= 0.6 is 12.4 Å². The number of ether oxygens (including phenoxy) is 1. The van der Waals surface area contributed by atoms with Gasteiger partial charge in [0.25, 0.3) is 0 Å². The topological polar surface area (TPSA) is 66.2 Å². The van der Waals surface area contributed by atoms with Gasteiger partial charge in [-0.25, -0.2) is 8.78 Å². The molecule has 5 nitrogen and oxygen atoms in total. The molecule has 2 aromatic rings. The zero-order valence-corrected chi connectivity index (χ0v) is 14.8. The number of amides is 1. The van der Waals surface area contributed by atoms with Gasteiger partial charge in [0.1, 0.15) is 11.6 Å². The van der Waals surface area contributed by atoms with Crippen LogP contribution in [0.25, 0.3) is 10.9 Å². The summed E-state index contributed by atoms with van der Waals surface area (Å²) < 4.78 is 32.7. The van der Waals surface area contributed by atoms with Crippen LogP contribution in [0, 0.1) is 18.6 Å². The number of hydrogen-bond donors (Lipinski definition) is 3. The highest BCUT2D eigenvalue weighted by atomic mass is 35.5. The van der Waals surface area contributed by atoms with Crippen LogP contribution in [0.3, 0.4) is 0 Å². The molecular weight excluding hydrogens is 352 g/mol. The zero-order chi connectivity index (χ0) is 17.1. The normalized spacial score (nSPS) is 17.3. The molecule has 0 spiro atoms. The quantitative estimate of drug-likeness (QED) is 0.753. The molecule has 138 valence electrons. The standard InChI is InChI=1S/C17H21F2N3O2.ClH/c1-10-13(14-6-11(18)7-15(19)17(14)22-10)2-3-21-16(23)8-12-9-20-4-5-24-12;/h6-7,12,20,22H,2-5,8-9H2,1H3,(H,21,23);1H. The number of halogens is 3. The summed E-state index contributed by atoms with van der Waals surface area (Å²) in [5.74, 6) is -1.30. The molecule has 3 rings (SSSR count). The minimum Gasteiger partial charge on any atom is -0.375 e. The van der Waals surface area contributed by atoms with E-state index in [0.29, 0.717) is 43.4 Å². The van der Waals surface area contributed by atoms with Gasteiger partial charge in [0.2, 0.25) is 5.91 Å². The third kappa shape index (κ3) is 4.68. The maximum atomic E-state index is 13.8. The van der Waals surface area contributed by atoms with Gasteiger partial charge in [0, 0.05) is 36.8 Å². The van der Waals surface area contributed by atoms with E-state index < -0.39 is 11.6 Å². The number of fused-ring (bicyclic) bond motifs is 1. The predicted octanol–water partition coefficient (Wildman–Crippen LogP) is 2.21. The molecule has 2 heterocycles. The number of morpholine rings is 1. The first-order valence-electron chi connectivity index (χ1n) is 8.10. The van der Waals surface area contributed by atoms with Gasteiger partial charge < -0.3 is 20.4 Å². The van der Waals surface area contributed by atoms with Crippen LogP contribution in [0.2, 0.25) is 0 Å². The van der Waals surface area contributed by atoms with Crippen molar-refractivity contribution in [2.45, 2.75) is 25.9 Å². The Hall–Kier alpha value is -1.70. The Kier molecular flexibility index (Phi) is 6.75. The Labute approximate surface area is 150 Å². The molecule has 1 aromatic carbocycles. The number of aromatic nitrogens is 1. The average Bonchev–Trinajstić information content (AvgIpc) is 2.85. The summed E-state index contributed by atoms with van der Waals surface area (Å²) in [6.45, 7) is 4.32. The molecule has 0 bridgehead atoms. The van der Waals surface area contributed by atoms with Gasteiger partial charge >= 0.3 is 0 Å². The van der Waals surface area contributed by atoms with Crippen molar-refractivity contribution < 1.29 is 18.3 Å². The van der Waals surface area contributed by atoms with Crippen LogP contribution in [-0.2, 0) is 16.0 Å². The SMILES string of the molecule is Cc1[nH]c2c(F)cc(F)cc2c1CCNC(=O)CC1CNCCO1.Cl. The van der Waals surface area contributed by atoms with Crippen molar-refractivity contribution >= 4 is 29.2 Å². The number of H-pyrrole nitrogens is 1. The van der Waals surface area contributed by atoms with E-state index >= 15 is 0 Å². The van der Waals surface area contributed by atoms with Crippen molar-refractivity contribution in [2.24, 2.45) is 0 Å². The monoisotopic (exact) mass is 373 g/mol. The summed E-state index contributed by atoms with van der Waals surface area (Å²) in [5.41, 5.74) is 1.90. The van der Waals surface area contributed by atoms with Crippen molar-refractivity contribution in [1.29, 1.82) is 0 Å². The van der Waals surface area contributed by atoms with Crippen LogP contribution in [0.5, 0.6) is 0 Å². The highest BCUT2D eigenvalue weighted by Crippen LogP contribution is 2.25. The smallest absolute Gasteiger partial charge is 0.222 e. The Balaban J connectivity index is 0.00000225. The second kappa shape index (κ2) is 8.60. The molecule has 1 amide bonds. The summed E-state index contributed by atoms with van der Waals surface area (Å²) in [4.78, 5) is 14.9. The molecule has 1 saturated heterocycles. The molecule has 1 fully saturated rings. The number of aromatic amines is 1. The van der Waals surface area contributed by atoms with Crippen molar-refractivity contribution in [1.82, 2.24) is 15.6 Å². The fraction of sp³-hybridized carbons (Fsp3) is 0.471. The number of nitrogens with one attached hydrogen (secondary N) is 3. The molecule has 3 N–H and O–H groups in total. The maximum Gasteiger partial charge on any atom is 0.222 e. The molecular formula is C17H22ClF2N3O2. The second-order valence-electron chi connectivity index (χ2n) is 6.04. The van der Waals surface area contributed by atoms with Gasteiger partial charge in [-0.1, -0.05) is 0 Å². The Morgan fingerprint density at radius 2 is 2.20 bits per heavy atom. The minimum atomic E-state index is -0.606. The molecule has 1 unspecified atom stereocenters. The molecule has 1 aromatic heterocycles. The first-order valence-corrected chi connectivity index (χ1v) is 8.10. The van der Waals surface area contributed by atoms with E-state index in [4.69, 9.17) is 4.74 Å². The Bertz CT molecular complexity index is 745. The summed E-state index contributed by atoms with van der Waals surface area (Å²) in [7, 11) is 0. The van der Waals surface area contributed by atoms with E-state index in [1.165, 1.54) is 6.07 Å². The molecule has 1 aliphatic heterocycles. The van der Waals surface area contributed by atoms with Gasteiger partial charge in [-0.3, -0.25) is 4.79 Å². The summed E-state index contributed by atoms with van der Waals surface area (Å²) in [5, 5.41) is 6.54. The van der Waals surface area contributed by atoms with Gasteiger partial charge in [-0.05, 0) is 25.0 Å². The minimum absolute atomic E-state index is 0. The van der Waals surface area contributed by atoms with Gasteiger partial charge in [0.05, 0.1) is 24.6 Å². The molecule has 1 atom stereocenters. The van der Waals surface area contributed by atoms with Crippen molar-refractivity contribution in [3.63, 3.8) is 0 Å². The number of carbonyl (C=O) groups is 1. The largest absolute Gasteiger partial charge is 0.375 e. The van der Waals surface area contributed by atoms with Crippen LogP contribution in [0.1, 0.15) is 17.7 Å². The zero-order valence-electron chi connectivity index (χ0n) is 14.0. The first-order chi connectivity index (χ1) is 11.5. The number of hydrogen-bond acceptors (Lipinski definition) is 3. The lowest BCUT2D eigenvalue weighted by Gasteiger charge is -2.23. The van der Waals surface area contributed by atoms with E-state index in [-0.39, 0.29) is 24.4 Å². The first kappa shape index (κ1) is 19.6. The molecule has 0 aliphatic carbocycles. The van der Waals surface area contributed by atoms with E-state index in [9.17, 15) is 13.6 Å². The summed E-state index contributed by atoms with van der Waals surface area (Å²) >= 11 is 0. The lowest BCUT2D eigenvalue weighted by molar-refractivity contribution is -0.124. The molecule has 1 aliphatic rings. The van der Waals surface area contributed by atoms with Crippen LogP contribution < -0.4 is 10.6 Å². The van der Waals surface area contributed by atoms with Gasteiger partial charge in [0.15, 0.2) is 0 Å². The van der Waals surface area contributed by atoms with Gasteiger partial charge in [-0.2, -0.15) is 0 Å². The average molecular weight is 374 g/mol. The number of rotatable bonds is 5. The lowest BCUT2D eigenvalue weighted by atomic mass is 10.1. The second-order valence-corrected chi connectivity index (χ2v) is 6.04. The van der Waals surface area contributed by atoms with E-state index in [2.05, 4.69) is 15.6 Å². The fourth-order valence-corrected chi connectivity index (χ4v) is 3.08. The fourth-order valence-electron chi connectivity index (χ4n) is 3.08. The van der Waals surface area contributed by atoms with Crippen molar-refractivity contribution in [2.75, 3.05) is 26.2 Å². The lowest BCUT2D eigenvalue weighted by Crippen LogP contribution is -2.41. The maximum absolute atomic E-state index is 13.8. The van der Waals surface area contributed by atoms with Crippen molar-refractivity contribution in [3.8, 4) is 0 Å². The molecule has 25 heavy (non-hydrogen) atoms. The summed E-state index contributed by atoms with van der Waals surface area (Å²) in [6.07, 6.45) is 0.713. The number of carbonyl (C=O) groups excluding carboxylic acids is 1. The highest BCUT2D eigenvalue weighted by Gasteiger charge is 2.18. The van der Waals surface area contributed by atoms with Gasteiger partial charge in [-0.15, -0.1) is 12.4 Å². The van der Waals surface area contributed by atoms with Crippen LogP contribution in [0.15, 0.2) is 12.1 Å². The van der Waals surface area contributed by atoms with Crippen molar-refractivity contribution in [3.05, 3.63) is 35.0 Å². The van der Waals surface area contributed by atoms with Crippen LogP contribution in [0.4, 0.5) is 8.78 Å². The Morgan fingerprint density at radius 3 is 2.92 bits per heavy atom. The number of benzene rings is 1. The highest BCUT2D eigenvalue weighted by molar-refractivity contribution is 5.86. The molecule has 0 saturated carbocycles. The molecule has 0 radical (unpaired) electrons. The Morgan fingerprint density at radius 1 is 1.40 bits per heavy atom. The van der Waals surface area contributed by atoms with E-state index in [1.54, 1.807) is 0 Å². The third-order valence-corrected chi connectivity index (χ3v) is 4.26. The molecule has 8 heteroatoms. The summed E-state index contributed by atoms with van der Waals surface area (Å²) in [6, 6.07) is 2.18. The third-order valence-electron chi connectivity index (χ3n) is 4.26.